The van der Waals surface area contributed by atoms with Gasteiger partial charge in [-0.1, -0.05) is 55.5 Å². The number of nitrogens with one attached hydrogen (secondary N) is 2. The van der Waals surface area contributed by atoms with Crippen molar-refractivity contribution in [3.8, 4) is 0 Å². The molecule has 1 amide bonds. The Labute approximate surface area is 149 Å². The Balaban J connectivity index is 0.00000288. The normalized spacial score (nSPS) is 12.8. The first-order valence-electron chi connectivity index (χ1n) is 7.85. The molecule has 0 saturated carbocycles. The van der Waals surface area contributed by atoms with Crippen molar-refractivity contribution in [2.45, 2.75) is 19.4 Å². The predicted octanol–water partition coefficient (Wildman–Crippen LogP) is 3.50. The highest BCUT2D eigenvalue weighted by Crippen LogP contribution is 2.21. The summed E-state index contributed by atoms with van der Waals surface area (Å²) in [5.41, 5.74) is 1.57. The van der Waals surface area contributed by atoms with Gasteiger partial charge in [-0.25, -0.2) is 4.39 Å². The summed E-state index contributed by atoms with van der Waals surface area (Å²) in [6.45, 7) is 2.44. The molecular weight excluding hydrogens is 327 g/mol. The number of carbonyl (C=O) groups is 1. The number of benzene rings is 2. The zero-order valence-electron chi connectivity index (χ0n) is 14.0. The minimum absolute atomic E-state index is 0. The third-order valence-electron chi connectivity index (χ3n) is 3.84. The maximum Gasteiger partial charge on any atom is 0.224 e. The van der Waals surface area contributed by atoms with Crippen LogP contribution in [0.3, 0.4) is 0 Å². The van der Waals surface area contributed by atoms with Crippen molar-refractivity contribution in [3.63, 3.8) is 0 Å². The van der Waals surface area contributed by atoms with E-state index in [0.29, 0.717) is 18.5 Å². The van der Waals surface area contributed by atoms with E-state index >= 15 is 0 Å². The number of hydrogen-bond acceptors (Lipinski definition) is 2. The Morgan fingerprint density at radius 2 is 1.71 bits per heavy atom. The fourth-order valence-electron chi connectivity index (χ4n) is 2.56. The molecule has 0 heterocycles. The molecule has 24 heavy (non-hydrogen) atoms. The fraction of sp³-hybridized carbons (Fsp3) is 0.316. The molecule has 0 saturated heterocycles. The molecule has 2 rings (SSSR count). The molecule has 5 heteroatoms. The Morgan fingerprint density at radius 1 is 1.08 bits per heavy atom. The van der Waals surface area contributed by atoms with Gasteiger partial charge in [0, 0.05) is 18.0 Å². The van der Waals surface area contributed by atoms with Crippen LogP contribution in [0.4, 0.5) is 4.39 Å². The summed E-state index contributed by atoms with van der Waals surface area (Å²) in [5, 5.41) is 5.98. The number of carbonyl (C=O) groups excluding carboxylic acids is 1. The van der Waals surface area contributed by atoms with Crippen LogP contribution in [0.2, 0.25) is 0 Å². The van der Waals surface area contributed by atoms with Crippen molar-refractivity contribution >= 4 is 18.3 Å². The van der Waals surface area contributed by atoms with Crippen molar-refractivity contribution in [2.24, 2.45) is 5.92 Å². The number of hydrogen-bond donors (Lipinski definition) is 2. The molecule has 0 aliphatic carbocycles. The van der Waals surface area contributed by atoms with Crippen LogP contribution >= 0.6 is 12.4 Å². The summed E-state index contributed by atoms with van der Waals surface area (Å²) in [4.78, 5) is 12.3. The minimum Gasteiger partial charge on any atom is -0.349 e. The monoisotopic (exact) mass is 350 g/mol. The molecule has 3 nitrogen and oxygen atoms in total. The van der Waals surface area contributed by atoms with Crippen molar-refractivity contribution in [2.75, 3.05) is 13.6 Å². The third kappa shape index (κ3) is 5.62. The van der Waals surface area contributed by atoms with Crippen LogP contribution in [-0.2, 0) is 11.2 Å². The zero-order valence-corrected chi connectivity index (χ0v) is 14.8. The lowest BCUT2D eigenvalue weighted by atomic mass is 9.97. The molecule has 0 bridgehead atoms. The molecule has 0 fully saturated rings. The van der Waals surface area contributed by atoms with Gasteiger partial charge in [0.2, 0.25) is 5.91 Å². The average molecular weight is 351 g/mol. The van der Waals surface area contributed by atoms with Gasteiger partial charge in [0.1, 0.15) is 5.82 Å². The number of rotatable bonds is 7. The molecule has 0 aliphatic heterocycles. The van der Waals surface area contributed by atoms with Gasteiger partial charge in [-0.3, -0.25) is 4.79 Å². The lowest BCUT2D eigenvalue weighted by Crippen LogP contribution is -2.37. The molecule has 2 aromatic rings. The molecule has 2 N–H and O–H groups in total. The lowest BCUT2D eigenvalue weighted by Gasteiger charge is -2.22. The average Bonchev–Trinajstić information content (AvgIpc) is 2.56. The van der Waals surface area contributed by atoms with Crippen molar-refractivity contribution in [3.05, 3.63) is 71.5 Å². The van der Waals surface area contributed by atoms with Crippen LogP contribution in [0.5, 0.6) is 0 Å². The van der Waals surface area contributed by atoms with Crippen LogP contribution in [0.25, 0.3) is 0 Å². The molecular formula is C19H24ClFN2O. The zero-order chi connectivity index (χ0) is 16.7. The fourth-order valence-corrected chi connectivity index (χ4v) is 2.56. The summed E-state index contributed by atoms with van der Waals surface area (Å²) in [7, 11) is 1.81. The smallest absolute Gasteiger partial charge is 0.224 e. The summed E-state index contributed by atoms with van der Waals surface area (Å²) in [5.74, 6) is -0.552. The van der Waals surface area contributed by atoms with Gasteiger partial charge in [-0.15, -0.1) is 12.4 Å². The first kappa shape index (κ1) is 20.1. The number of amides is 1. The van der Waals surface area contributed by atoms with Crippen LogP contribution in [0.15, 0.2) is 54.6 Å². The van der Waals surface area contributed by atoms with Gasteiger partial charge in [0.15, 0.2) is 0 Å². The van der Waals surface area contributed by atoms with Gasteiger partial charge in [0.05, 0.1) is 6.04 Å². The van der Waals surface area contributed by atoms with Crippen molar-refractivity contribution < 1.29 is 9.18 Å². The Hall–Kier alpha value is -1.91. The van der Waals surface area contributed by atoms with Crippen LogP contribution in [0, 0.1) is 11.7 Å². The van der Waals surface area contributed by atoms with E-state index in [0.717, 1.165) is 5.56 Å². The summed E-state index contributed by atoms with van der Waals surface area (Å²) in [6, 6.07) is 16.0. The first-order valence-corrected chi connectivity index (χ1v) is 7.85. The third-order valence-corrected chi connectivity index (χ3v) is 3.84. The van der Waals surface area contributed by atoms with E-state index in [4.69, 9.17) is 0 Å². The van der Waals surface area contributed by atoms with Crippen LogP contribution < -0.4 is 10.6 Å². The molecule has 0 spiro atoms. The minimum atomic E-state index is -0.384. The van der Waals surface area contributed by atoms with E-state index < -0.39 is 0 Å². The van der Waals surface area contributed by atoms with E-state index in [-0.39, 0.29) is 36.1 Å². The molecule has 0 aromatic heterocycles. The molecule has 2 unspecified atom stereocenters. The standard InChI is InChI=1S/C19H23FN2O.ClH/c1-14(13-21-2)19(23)22-18(12-15-8-4-3-5-9-15)16-10-6-7-11-17(16)20;/h3-11,14,18,21H,12-13H2,1-2H3,(H,22,23);1H. The first-order chi connectivity index (χ1) is 11.1. The Bertz CT molecular complexity index is 636. The number of halogens is 2. The second-order valence-electron chi connectivity index (χ2n) is 5.73. The second-order valence-corrected chi connectivity index (χ2v) is 5.73. The van der Waals surface area contributed by atoms with Crippen molar-refractivity contribution in [1.29, 1.82) is 0 Å². The lowest BCUT2D eigenvalue weighted by molar-refractivity contribution is -0.125. The molecule has 2 atom stereocenters. The van der Waals surface area contributed by atoms with E-state index in [9.17, 15) is 9.18 Å². The second kappa shape index (κ2) is 10.1. The topological polar surface area (TPSA) is 41.1 Å². The van der Waals surface area contributed by atoms with Gasteiger partial charge in [-0.2, -0.15) is 0 Å². The Morgan fingerprint density at radius 3 is 2.33 bits per heavy atom. The van der Waals surface area contributed by atoms with Gasteiger partial charge >= 0.3 is 0 Å². The molecule has 130 valence electrons. The quantitative estimate of drug-likeness (QED) is 0.802. The SMILES string of the molecule is CNCC(C)C(=O)NC(Cc1ccccc1)c1ccccc1F.Cl. The highest BCUT2D eigenvalue weighted by molar-refractivity contribution is 5.85. The van der Waals surface area contributed by atoms with Gasteiger partial charge < -0.3 is 10.6 Å². The summed E-state index contributed by atoms with van der Waals surface area (Å²) >= 11 is 0. The maximum atomic E-state index is 14.2. The van der Waals surface area contributed by atoms with Crippen molar-refractivity contribution in [1.82, 2.24) is 10.6 Å². The van der Waals surface area contributed by atoms with Gasteiger partial charge in [-0.05, 0) is 25.1 Å². The predicted molar refractivity (Wildman–Crippen MR) is 97.8 cm³/mol. The van der Waals surface area contributed by atoms with Crippen LogP contribution in [0.1, 0.15) is 24.1 Å². The maximum absolute atomic E-state index is 14.2. The molecule has 2 aromatic carbocycles. The molecule has 0 aliphatic rings. The van der Waals surface area contributed by atoms with E-state index in [1.807, 2.05) is 44.3 Å². The van der Waals surface area contributed by atoms with E-state index in [1.54, 1.807) is 18.2 Å². The van der Waals surface area contributed by atoms with Gasteiger partial charge in [0.25, 0.3) is 0 Å². The van der Waals surface area contributed by atoms with Crippen LogP contribution in [-0.4, -0.2) is 19.5 Å². The molecule has 0 radical (unpaired) electrons. The highest BCUT2D eigenvalue weighted by Gasteiger charge is 2.21. The highest BCUT2D eigenvalue weighted by atomic mass is 35.5. The largest absolute Gasteiger partial charge is 0.349 e. The summed E-state index contributed by atoms with van der Waals surface area (Å²) in [6.07, 6.45) is 0.555. The van der Waals surface area contributed by atoms with E-state index in [2.05, 4.69) is 10.6 Å². The Kier molecular flexibility index (Phi) is 8.44. The van der Waals surface area contributed by atoms with E-state index in [1.165, 1.54) is 6.07 Å². The summed E-state index contributed by atoms with van der Waals surface area (Å²) < 4.78 is 14.2.